The number of hydrogen-bond donors (Lipinski definition) is 2. The number of ketones is 2. The molecular weight excluding hydrogens is 640 g/mol. The van der Waals surface area contributed by atoms with Crippen molar-refractivity contribution >= 4 is 23.5 Å². The second-order valence-corrected chi connectivity index (χ2v) is 13.2. The largest absolute Gasteiger partial charge is 0.481 e. The first-order chi connectivity index (χ1) is 23.5. The van der Waals surface area contributed by atoms with E-state index >= 15 is 0 Å². The average molecular weight is 691 g/mol. The first-order valence-corrected chi connectivity index (χ1v) is 17.1. The van der Waals surface area contributed by atoms with Gasteiger partial charge in [-0.1, -0.05) is 6.92 Å². The van der Waals surface area contributed by atoms with E-state index in [4.69, 9.17) is 14.6 Å². The third-order valence-corrected chi connectivity index (χ3v) is 9.40. The van der Waals surface area contributed by atoms with Crippen molar-refractivity contribution in [2.75, 3.05) is 0 Å². The number of esters is 1. The van der Waals surface area contributed by atoms with Crippen molar-refractivity contribution in [1.82, 2.24) is 9.55 Å². The van der Waals surface area contributed by atoms with Gasteiger partial charge in [-0.25, -0.2) is 4.79 Å². The summed E-state index contributed by atoms with van der Waals surface area (Å²) in [6, 6.07) is 7.55. The Labute approximate surface area is 293 Å². The minimum atomic E-state index is -0.853. The van der Waals surface area contributed by atoms with Gasteiger partial charge in [0, 0.05) is 55.0 Å². The summed E-state index contributed by atoms with van der Waals surface area (Å²) in [6.45, 7) is 15.5. The van der Waals surface area contributed by atoms with E-state index in [1.165, 1.54) is 21.9 Å². The van der Waals surface area contributed by atoms with Crippen LogP contribution in [0.15, 0.2) is 40.1 Å². The molecule has 0 saturated carbocycles. The molecule has 270 valence electrons. The number of aromatic nitrogens is 2. The molecule has 3 atom stereocenters. The molecule has 2 aromatic carbocycles. The molecular formula is C39H50N2O9. The second kappa shape index (κ2) is 17.8. The number of H-pyrrole nitrogens is 1. The smallest absolute Gasteiger partial charge is 0.330 e. The Morgan fingerprint density at radius 3 is 1.72 bits per heavy atom. The summed E-state index contributed by atoms with van der Waals surface area (Å²) in [6.07, 6.45) is 2.47. The van der Waals surface area contributed by atoms with Gasteiger partial charge < -0.3 is 14.6 Å². The molecule has 11 heteroatoms. The number of carboxylic acid groups (broad SMARTS) is 1. The minimum absolute atomic E-state index is 0.0116. The number of aromatic amines is 1. The van der Waals surface area contributed by atoms with Crippen LogP contribution in [0.25, 0.3) is 0 Å². The number of ether oxygens (including phenoxy) is 2. The van der Waals surface area contributed by atoms with E-state index in [2.05, 4.69) is 4.98 Å². The highest BCUT2D eigenvalue weighted by Gasteiger charge is 2.38. The van der Waals surface area contributed by atoms with Crippen LogP contribution in [0, 0.1) is 48.5 Å². The number of nitrogens with one attached hydrogen (secondary N) is 1. The molecule has 50 heavy (non-hydrogen) atoms. The maximum absolute atomic E-state index is 12.5. The molecule has 1 fully saturated rings. The number of aryl methyl sites for hydroxylation is 5. The highest BCUT2D eigenvalue weighted by Crippen LogP contribution is 2.32. The van der Waals surface area contributed by atoms with Crippen LogP contribution in [0.2, 0.25) is 0 Å². The van der Waals surface area contributed by atoms with Crippen LogP contribution in [0.5, 0.6) is 0 Å². The zero-order chi connectivity index (χ0) is 37.3. The molecule has 3 unspecified atom stereocenters. The van der Waals surface area contributed by atoms with E-state index in [0.717, 1.165) is 22.3 Å². The molecule has 0 radical (unpaired) electrons. The summed E-state index contributed by atoms with van der Waals surface area (Å²) in [5.41, 5.74) is 7.51. The van der Waals surface area contributed by atoms with Crippen molar-refractivity contribution in [3.05, 3.63) is 101 Å². The molecule has 4 rings (SSSR count). The number of aliphatic carboxylic acids is 1. The van der Waals surface area contributed by atoms with Gasteiger partial charge in [-0.15, -0.1) is 0 Å². The van der Waals surface area contributed by atoms with Crippen LogP contribution in [0.4, 0.5) is 0 Å². The van der Waals surface area contributed by atoms with Crippen molar-refractivity contribution < 1.29 is 33.8 Å². The third-order valence-electron chi connectivity index (χ3n) is 9.40. The predicted molar refractivity (Wildman–Crippen MR) is 190 cm³/mol. The van der Waals surface area contributed by atoms with Gasteiger partial charge in [-0.2, -0.15) is 0 Å². The molecule has 0 amide bonds. The van der Waals surface area contributed by atoms with Crippen LogP contribution >= 0.6 is 0 Å². The van der Waals surface area contributed by atoms with Crippen LogP contribution in [0.3, 0.4) is 0 Å². The molecule has 2 N–H and O–H groups in total. The Morgan fingerprint density at radius 1 is 0.780 bits per heavy atom. The standard InChI is InChI=1S/C25H32N2O6.C14H18O3/c1-6-20-21(12-22(32-20)27-13-16(4)24(30)26-25(27)31)33-23(29)9-7-8-19(28)18-10-14(2)17(5)15(3)11-18;1-9-7-12(8-10(2)11(9)3)13(15)5-4-6-14(16)17/h10-11,13,20-22H,6-9,12H2,1-5H3,(H,26,30,31);7-8H,4-6H2,1-3H3,(H,16,17). The summed E-state index contributed by atoms with van der Waals surface area (Å²) in [7, 11) is 0. The Bertz CT molecular complexity index is 1810. The fourth-order valence-electron chi connectivity index (χ4n) is 5.86. The van der Waals surface area contributed by atoms with Gasteiger partial charge in [0.05, 0.1) is 6.10 Å². The number of benzene rings is 2. The molecule has 1 aliphatic rings. The number of nitrogens with zero attached hydrogens (tertiary/aromatic N) is 1. The second-order valence-electron chi connectivity index (χ2n) is 13.2. The lowest BCUT2D eigenvalue weighted by molar-refractivity contribution is -0.152. The lowest BCUT2D eigenvalue weighted by atomic mass is 9.97. The van der Waals surface area contributed by atoms with Crippen molar-refractivity contribution in [3.63, 3.8) is 0 Å². The Hall–Kier alpha value is -4.64. The number of rotatable bonds is 13. The van der Waals surface area contributed by atoms with Crippen molar-refractivity contribution in [2.24, 2.45) is 0 Å². The summed E-state index contributed by atoms with van der Waals surface area (Å²) < 4.78 is 12.9. The van der Waals surface area contributed by atoms with E-state index in [-0.39, 0.29) is 36.9 Å². The Balaban J connectivity index is 0.000000335. The summed E-state index contributed by atoms with van der Waals surface area (Å²) in [4.78, 5) is 73.2. The number of carboxylic acids is 1. The van der Waals surface area contributed by atoms with E-state index in [9.17, 15) is 28.8 Å². The van der Waals surface area contributed by atoms with Gasteiger partial charge in [0.25, 0.3) is 5.56 Å². The molecule has 0 bridgehead atoms. The molecule has 0 aliphatic carbocycles. The summed E-state index contributed by atoms with van der Waals surface area (Å²) in [5, 5.41) is 8.51. The molecule has 11 nitrogen and oxygen atoms in total. The normalized spacial score (nSPS) is 16.8. The minimum Gasteiger partial charge on any atom is -0.481 e. The van der Waals surface area contributed by atoms with E-state index in [1.807, 2.05) is 72.7 Å². The quantitative estimate of drug-likeness (QED) is 0.151. The molecule has 3 aromatic rings. The van der Waals surface area contributed by atoms with Gasteiger partial charge in [0.15, 0.2) is 11.6 Å². The maximum atomic E-state index is 12.5. The van der Waals surface area contributed by atoms with Crippen LogP contribution < -0.4 is 11.2 Å². The lowest BCUT2D eigenvalue weighted by Crippen LogP contribution is -2.33. The number of Topliss-reactive ketones (excluding diaryl/α,β-unsaturated/α-hetero) is 2. The lowest BCUT2D eigenvalue weighted by Gasteiger charge is -2.17. The Kier molecular flexibility index (Phi) is 14.2. The topological polar surface area (TPSA) is 162 Å². The van der Waals surface area contributed by atoms with Gasteiger partial charge in [-0.3, -0.25) is 33.5 Å². The fraction of sp³-hybridized carbons (Fsp3) is 0.487. The fourth-order valence-corrected chi connectivity index (χ4v) is 5.86. The highest BCUT2D eigenvalue weighted by molar-refractivity contribution is 5.97. The van der Waals surface area contributed by atoms with E-state index < -0.39 is 35.5 Å². The van der Waals surface area contributed by atoms with Crippen LogP contribution in [0.1, 0.15) is 124 Å². The number of carbonyl (C=O) groups excluding carboxylic acids is 3. The maximum Gasteiger partial charge on any atom is 0.330 e. The van der Waals surface area contributed by atoms with Crippen LogP contribution in [-0.2, 0) is 19.1 Å². The van der Waals surface area contributed by atoms with Gasteiger partial charge in [-0.05, 0) is 125 Å². The zero-order valence-electron chi connectivity index (χ0n) is 30.4. The van der Waals surface area contributed by atoms with Crippen molar-refractivity contribution in [1.29, 1.82) is 0 Å². The Morgan fingerprint density at radius 2 is 1.26 bits per heavy atom. The number of carbonyl (C=O) groups is 4. The highest BCUT2D eigenvalue weighted by atomic mass is 16.6. The first-order valence-electron chi connectivity index (χ1n) is 17.1. The zero-order valence-corrected chi connectivity index (χ0v) is 30.4. The van der Waals surface area contributed by atoms with E-state index in [0.29, 0.717) is 48.8 Å². The third kappa shape index (κ3) is 10.7. The van der Waals surface area contributed by atoms with Crippen molar-refractivity contribution in [2.45, 2.75) is 125 Å². The van der Waals surface area contributed by atoms with Gasteiger partial charge >= 0.3 is 17.6 Å². The van der Waals surface area contributed by atoms with Crippen LogP contribution in [-0.4, -0.2) is 50.4 Å². The first kappa shape index (κ1) is 39.8. The predicted octanol–water partition coefficient (Wildman–Crippen LogP) is 6.48. The molecule has 1 aliphatic heterocycles. The molecule has 1 aromatic heterocycles. The summed E-state index contributed by atoms with van der Waals surface area (Å²) >= 11 is 0. The molecule has 0 spiro atoms. The van der Waals surface area contributed by atoms with Gasteiger partial charge in [0.2, 0.25) is 0 Å². The SMILES string of the molecule is CCC1OC(n2cc(C)c(=O)[nH]c2=O)CC1OC(=O)CCCC(=O)c1cc(C)c(C)c(C)c1.Cc1cc(C(=O)CCCC(=O)O)cc(C)c1C. The van der Waals surface area contributed by atoms with E-state index in [1.54, 1.807) is 6.92 Å². The summed E-state index contributed by atoms with van der Waals surface area (Å²) in [5.74, 6) is -1.21. The number of hydrogen-bond acceptors (Lipinski definition) is 8. The molecule has 2 heterocycles. The average Bonchev–Trinajstić information content (AvgIpc) is 3.45. The monoisotopic (exact) mass is 690 g/mol. The van der Waals surface area contributed by atoms with Gasteiger partial charge in [0.1, 0.15) is 12.3 Å². The molecule has 1 saturated heterocycles. The van der Waals surface area contributed by atoms with Crippen molar-refractivity contribution in [3.8, 4) is 0 Å².